The van der Waals surface area contributed by atoms with Gasteiger partial charge < -0.3 is 0 Å². The van der Waals surface area contributed by atoms with Crippen molar-refractivity contribution in [1.82, 2.24) is 9.55 Å². The van der Waals surface area contributed by atoms with Gasteiger partial charge in [-0.15, -0.1) is 6.58 Å². The lowest BCUT2D eigenvalue weighted by molar-refractivity contribution is 0.418. The monoisotopic (exact) mass is 378 g/mol. The van der Waals surface area contributed by atoms with E-state index in [0.29, 0.717) is 6.54 Å². The van der Waals surface area contributed by atoms with Crippen LogP contribution in [0.4, 0.5) is 0 Å². The lowest BCUT2D eigenvalue weighted by Crippen LogP contribution is -2.40. The van der Waals surface area contributed by atoms with Crippen molar-refractivity contribution in [3.05, 3.63) is 70.6 Å². The van der Waals surface area contributed by atoms with Gasteiger partial charge in [0.25, 0.3) is 5.56 Å². The summed E-state index contributed by atoms with van der Waals surface area (Å²) in [5, 5.41) is 0.770. The van der Waals surface area contributed by atoms with Crippen LogP contribution in [0.1, 0.15) is 43.7 Å². The maximum absolute atomic E-state index is 13.7. The van der Waals surface area contributed by atoms with E-state index in [-0.39, 0.29) is 11.0 Å². The molecule has 0 aliphatic heterocycles. The molecule has 4 heteroatoms. The van der Waals surface area contributed by atoms with Gasteiger partial charge in [0, 0.05) is 23.3 Å². The van der Waals surface area contributed by atoms with Gasteiger partial charge in [0.05, 0.1) is 11.3 Å². The number of hydrogen-bond acceptors (Lipinski definition) is 3. The fourth-order valence-electron chi connectivity index (χ4n) is 4.63. The van der Waals surface area contributed by atoms with E-state index in [1.807, 2.05) is 17.6 Å². The highest BCUT2D eigenvalue weighted by Crippen LogP contribution is 2.49. The molecule has 1 saturated carbocycles. The van der Waals surface area contributed by atoms with E-state index in [2.05, 4.69) is 31.4 Å². The van der Waals surface area contributed by atoms with E-state index in [4.69, 9.17) is 4.98 Å². The molecule has 2 aliphatic carbocycles. The minimum Gasteiger partial charge on any atom is -0.283 e. The molecule has 1 aromatic heterocycles. The van der Waals surface area contributed by atoms with Gasteiger partial charge in [-0.1, -0.05) is 67.1 Å². The quantitative estimate of drug-likeness (QED) is 0.411. The van der Waals surface area contributed by atoms with E-state index in [1.54, 1.807) is 17.8 Å². The van der Waals surface area contributed by atoms with Crippen molar-refractivity contribution in [2.24, 2.45) is 0 Å². The van der Waals surface area contributed by atoms with Gasteiger partial charge in [0.15, 0.2) is 5.16 Å². The second-order valence-corrected chi connectivity index (χ2v) is 8.83. The van der Waals surface area contributed by atoms with Crippen LogP contribution in [0.2, 0.25) is 0 Å². The molecule has 0 radical (unpaired) electrons. The molecule has 0 amide bonds. The first-order valence-corrected chi connectivity index (χ1v) is 10.7. The Bertz CT molecular complexity index is 967. The van der Waals surface area contributed by atoms with Crippen LogP contribution in [0.5, 0.6) is 0 Å². The Morgan fingerprint density at radius 1 is 1.33 bits per heavy atom. The summed E-state index contributed by atoms with van der Waals surface area (Å²) in [6.45, 7) is 10.3. The summed E-state index contributed by atoms with van der Waals surface area (Å²) in [4.78, 5) is 18.7. The number of rotatable bonds is 5. The Kier molecular flexibility index (Phi) is 4.85. The molecule has 27 heavy (non-hydrogen) atoms. The normalized spacial score (nSPS) is 16.8. The van der Waals surface area contributed by atoms with E-state index in [1.165, 1.54) is 18.4 Å². The zero-order chi connectivity index (χ0) is 19.0. The highest BCUT2D eigenvalue weighted by molar-refractivity contribution is 7.99. The number of aromatic nitrogens is 2. The van der Waals surface area contributed by atoms with Crippen LogP contribution in [-0.2, 0) is 18.4 Å². The number of benzene rings is 1. The summed E-state index contributed by atoms with van der Waals surface area (Å²) in [6.07, 6.45) is 7.29. The number of allylic oxidation sites excluding steroid dienone is 1. The van der Waals surface area contributed by atoms with Crippen molar-refractivity contribution >= 4 is 11.8 Å². The Balaban J connectivity index is 1.98. The number of hydrogen-bond donors (Lipinski definition) is 0. The molecular weight excluding hydrogens is 352 g/mol. The van der Waals surface area contributed by atoms with Crippen LogP contribution < -0.4 is 5.56 Å². The number of nitrogens with zero attached hydrogens (tertiary/aromatic N) is 2. The zero-order valence-electron chi connectivity index (χ0n) is 16.0. The van der Waals surface area contributed by atoms with Crippen molar-refractivity contribution in [2.75, 3.05) is 5.75 Å². The molecule has 1 aromatic carbocycles. The maximum Gasteiger partial charge on any atom is 0.258 e. The molecule has 0 unspecified atom stereocenters. The summed E-state index contributed by atoms with van der Waals surface area (Å²) >= 11 is 1.59. The summed E-state index contributed by atoms with van der Waals surface area (Å²) in [7, 11) is 0. The Morgan fingerprint density at radius 2 is 2.07 bits per heavy atom. The van der Waals surface area contributed by atoms with Crippen molar-refractivity contribution in [1.29, 1.82) is 0 Å². The summed E-state index contributed by atoms with van der Waals surface area (Å²) in [5.41, 5.74) is 5.47. The molecule has 4 rings (SSSR count). The van der Waals surface area contributed by atoms with Gasteiger partial charge in [0.2, 0.25) is 0 Å². The largest absolute Gasteiger partial charge is 0.283 e. The molecule has 140 valence electrons. The molecule has 1 fully saturated rings. The topological polar surface area (TPSA) is 34.9 Å². The molecule has 0 saturated heterocycles. The van der Waals surface area contributed by atoms with Gasteiger partial charge in [-0.25, -0.2) is 4.98 Å². The van der Waals surface area contributed by atoms with Crippen LogP contribution in [0, 0.1) is 0 Å². The molecule has 1 heterocycles. The smallest absolute Gasteiger partial charge is 0.258 e. The summed E-state index contributed by atoms with van der Waals surface area (Å²) in [6, 6.07) is 8.47. The Labute approximate surface area is 165 Å². The van der Waals surface area contributed by atoms with Crippen molar-refractivity contribution < 1.29 is 0 Å². The van der Waals surface area contributed by atoms with E-state index >= 15 is 0 Å². The third-order valence-corrected chi connectivity index (χ3v) is 6.99. The fourth-order valence-corrected chi connectivity index (χ4v) is 5.48. The SMILES string of the molecule is C=CCn1c(SCC(=C)C)nc2c(c1=O)C1(CCCC1)Cc1ccccc1-2. The molecule has 2 aliphatic rings. The molecule has 3 nitrogen and oxygen atoms in total. The zero-order valence-corrected chi connectivity index (χ0v) is 16.8. The average Bonchev–Trinajstić information content (AvgIpc) is 3.10. The van der Waals surface area contributed by atoms with Crippen LogP contribution in [-0.4, -0.2) is 15.3 Å². The van der Waals surface area contributed by atoms with E-state index in [0.717, 1.165) is 52.6 Å². The lowest BCUT2D eigenvalue weighted by atomic mass is 9.68. The predicted octanol–water partition coefficient (Wildman–Crippen LogP) is 5.13. The van der Waals surface area contributed by atoms with Crippen LogP contribution in [0.25, 0.3) is 11.3 Å². The third kappa shape index (κ3) is 3.10. The summed E-state index contributed by atoms with van der Waals surface area (Å²) in [5.74, 6) is 0.759. The molecule has 0 N–H and O–H groups in total. The molecule has 2 aromatic rings. The molecule has 1 spiro atoms. The van der Waals surface area contributed by atoms with E-state index in [9.17, 15) is 4.79 Å². The van der Waals surface area contributed by atoms with Gasteiger partial charge in [0.1, 0.15) is 0 Å². The van der Waals surface area contributed by atoms with Gasteiger partial charge >= 0.3 is 0 Å². The van der Waals surface area contributed by atoms with Crippen molar-refractivity contribution in [3.8, 4) is 11.3 Å². The van der Waals surface area contributed by atoms with Crippen LogP contribution >= 0.6 is 11.8 Å². The molecule has 0 atom stereocenters. The average molecular weight is 379 g/mol. The second kappa shape index (κ2) is 7.16. The highest BCUT2D eigenvalue weighted by Gasteiger charge is 2.44. The summed E-state index contributed by atoms with van der Waals surface area (Å²) < 4.78 is 1.81. The number of fused-ring (bicyclic) bond motifs is 4. The first-order valence-electron chi connectivity index (χ1n) is 9.67. The Hall–Kier alpha value is -2.07. The molecule has 0 bridgehead atoms. The molecular formula is C23H26N2OS. The van der Waals surface area contributed by atoms with Crippen molar-refractivity contribution in [3.63, 3.8) is 0 Å². The maximum atomic E-state index is 13.7. The van der Waals surface area contributed by atoms with Crippen LogP contribution in [0.3, 0.4) is 0 Å². The van der Waals surface area contributed by atoms with Gasteiger partial charge in [-0.05, 0) is 31.7 Å². The lowest BCUT2D eigenvalue weighted by Gasteiger charge is -2.36. The number of thioether (sulfide) groups is 1. The third-order valence-electron chi connectivity index (χ3n) is 5.79. The van der Waals surface area contributed by atoms with Gasteiger partial charge in [-0.3, -0.25) is 9.36 Å². The predicted molar refractivity (Wildman–Crippen MR) is 114 cm³/mol. The van der Waals surface area contributed by atoms with Crippen molar-refractivity contribution in [2.45, 2.75) is 56.1 Å². The minimum atomic E-state index is -0.0474. The minimum absolute atomic E-state index is 0.0474. The first kappa shape index (κ1) is 18.3. The van der Waals surface area contributed by atoms with Gasteiger partial charge in [-0.2, -0.15) is 0 Å². The van der Waals surface area contributed by atoms with Crippen LogP contribution in [0.15, 0.2) is 59.0 Å². The Morgan fingerprint density at radius 3 is 2.78 bits per heavy atom. The van der Waals surface area contributed by atoms with E-state index < -0.39 is 0 Å². The second-order valence-electron chi connectivity index (χ2n) is 7.89. The first-order chi connectivity index (χ1) is 13.1. The standard InChI is InChI=1S/C23H26N2OS/c1-4-13-25-21(26)19-20(24-22(25)27-15-16(2)3)18-10-6-5-9-17(18)14-23(19)11-7-8-12-23/h4-6,9-10H,1-2,7-8,11-15H2,3H3. The highest BCUT2D eigenvalue weighted by atomic mass is 32.2. The fraction of sp³-hybridized carbons (Fsp3) is 0.391.